The first-order chi connectivity index (χ1) is 7.62. The van der Waals surface area contributed by atoms with Gasteiger partial charge in [-0.3, -0.25) is 4.79 Å². The lowest BCUT2D eigenvalue weighted by Gasteiger charge is -1.96. The third-order valence-corrected chi connectivity index (χ3v) is 1.55. The fourth-order valence-corrected chi connectivity index (χ4v) is 0.623. The Kier molecular flexibility index (Phi) is 15.8. The van der Waals surface area contributed by atoms with Crippen LogP contribution in [0.25, 0.3) is 0 Å². The third-order valence-electron chi connectivity index (χ3n) is 1.55. The van der Waals surface area contributed by atoms with Crippen molar-refractivity contribution in [2.45, 2.75) is 32.3 Å². The van der Waals surface area contributed by atoms with Crippen molar-refractivity contribution < 1.29 is 25.2 Å². The van der Waals surface area contributed by atoms with E-state index in [0.717, 1.165) is 25.8 Å². The minimum Gasteiger partial charge on any atom is -0.396 e. The Morgan fingerprint density at radius 1 is 1.31 bits per heavy atom. The van der Waals surface area contributed by atoms with Crippen LogP contribution in [0.15, 0.2) is 0 Å². The van der Waals surface area contributed by atoms with Crippen LogP contribution in [0.2, 0.25) is 0 Å². The molecule has 1 saturated heterocycles. The first kappa shape index (κ1) is 17.7. The second-order valence-corrected chi connectivity index (χ2v) is 3.20. The zero-order chi connectivity index (χ0) is 12.8. The molecule has 6 nitrogen and oxygen atoms in total. The summed E-state index contributed by atoms with van der Waals surface area (Å²) in [4.78, 5) is 10.1. The van der Waals surface area contributed by atoms with Gasteiger partial charge in [-0.15, -0.1) is 0 Å². The van der Waals surface area contributed by atoms with Crippen LogP contribution >= 0.6 is 0 Å². The van der Waals surface area contributed by atoms with Crippen molar-refractivity contribution in [2.24, 2.45) is 0 Å². The summed E-state index contributed by atoms with van der Waals surface area (Å²) in [7, 11) is 0. The number of aliphatic hydroxyl groups is 4. The first-order valence-electron chi connectivity index (χ1n) is 5.39. The summed E-state index contributed by atoms with van der Waals surface area (Å²) in [6.07, 6.45) is 1.68. The van der Waals surface area contributed by atoms with Crippen molar-refractivity contribution in [3.05, 3.63) is 0 Å². The van der Waals surface area contributed by atoms with Crippen LogP contribution in [0.5, 0.6) is 0 Å². The molecule has 1 rings (SSSR count). The van der Waals surface area contributed by atoms with E-state index in [4.69, 9.17) is 20.4 Å². The van der Waals surface area contributed by atoms with E-state index in [9.17, 15) is 4.79 Å². The lowest BCUT2D eigenvalue weighted by molar-refractivity contribution is -0.119. The highest BCUT2D eigenvalue weighted by atomic mass is 16.3. The molecule has 1 aliphatic heterocycles. The van der Waals surface area contributed by atoms with Crippen molar-refractivity contribution in [1.29, 1.82) is 0 Å². The van der Waals surface area contributed by atoms with Gasteiger partial charge in [0.05, 0.1) is 13.2 Å². The molecule has 0 spiro atoms. The first-order valence-corrected chi connectivity index (χ1v) is 5.39. The number of amides is 1. The summed E-state index contributed by atoms with van der Waals surface area (Å²) in [5.41, 5.74) is 0. The fourth-order valence-electron chi connectivity index (χ4n) is 0.623. The standard InChI is InChI=1S/C4H7NO.C3H8O3.C3H8O/c6-4-2-1-3-5-4;4-1-3(6)2-5;1-2-3-4/h1-3H2,(H,5,6);3-6H,1-2H2;4H,2-3H2,1H3. The van der Waals surface area contributed by atoms with Gasteiger partial charge in [0.25, 0.3) is 0 Å². The van der Waals surface area contributed by atoms with Crippen molar-refractivity contribution in [3.63, 3.8) is 0 Å². The molecule has 0 radical (unpaired) electrons. The molecule has 98 valence electrons. The zero-order valence-electron chi connectivity index (χ0n) is 9.72. The Morgan fingerprint density at radius 3 is 1.88 bits per heavy atom. The lowest BCUT2D eigenvalue weighted by atomic mass is 10.4. The largest absolute Gasteiger partial charge is 0.396 e. The summed E-state index contributed by atoms with van der Waals surface area (Å²) in [5.74, 6) is 0.204. The van der Waals surface area contributed by atoms with Gasteiger partial charge in [-0.25, -0.2) is 0 Å². The molecule has 0 saturated carbocycles. The second-order valence-electron chi connectivity index (χ2n) is 3.20. The SMILES string of the molecule is CCCO.O=C1CCCN1.OCC(O)CO. The molecule has 0 bridgehead atoms. The molecule has 1 heterocycles. The van der Waals surface area contributed by atoms with Crippen molar-refractivity contribution in [1.82, 2.24) is 5.32 Å². The molecule has 1 fully saturated rings. The van der Waals surface area contributed by atoms with E-state index in [1.54, 1.807) is 0 Å². The highest BCUT2D eigenvalue weighted by molar-refractivity contribution is 5.77. The maximum Gasteiger partial charge on any atom is 0.220 e. The maximum absolute atomic E-state index is 10.1. The summed E-state index contributed by atoms with van der Waals surface area (Å²) < 4.78 is 0. The predicted octanol–water partition coefficient (Wildman–Crippen LogP) is -1.38. The van der Waals surface area contributed by atoms with E-state index in [0.29, 0.717) is 6.61 Å². The van der Waals surface area contributed by atoms with Gasteiger partial charge in [0.2, 0.25) is 5.91 Å². The number of hydrogen-bond acceptors (Lipinski definition) is 5. The molecule has 0 aromatic rings. The van der Waals surface area contributed by atoms with Gasteiger partial charge in [-0.2, -0.15) is 0 Å². The highest BCUT2D eigenvalue weighted by Crippen LogP contribution is 1.93. The van der Waals surface area contributed by atoms with E-state index in [-0.39, 0.29) is 19.1 Å². The topological polar surface area (TPSA) is 110 Å². The van der Waals surface area contributed by atoms with Crippen LogP contribution < -0.4 is 5.32 Å². The quantitative estimate of drug-likeness (QED) is 0.415. The number of nitrogens with one attached hydrogen (secondary N) is 1. The van der Waals surface area contributed by atoms with E-state index in [1.165, 1.54) is 0 Å². The Labute approximate surface area is 95.9 Å². The minimum atomic E-state index is -0.954. The lowest BCUT2D eigenvalue weighted by Crippen LogP contribution is -2.15. The molecular formula is C10H23NO5. The molecule has 1 amide bonds. The minimum absolute atomic E-state index is 0.204. The summed E-state index contributed by atoms with van der Waals surface area (Å²) >= 11 is 0. The van der Waals surface area contributed by atoms with E-state index >= 15 is 0 Å². The number of carbonyl (C=O) groups is 1. The molecule has 1 aliphatic rings. The van der Waals surface area contributed by atoms with E-state index < -0.39 is 6.10 Å². The van der Waals surface area contributed by atoms with Crippen molar-refractivity contribution in [2.75, 3.05) is 26.4 Å². The molecule has 0 aliphatic carbocycles. The second kappa shape index (κ2) is 14.3. The average molecular weight is 237 g/mol. The smallest absolute Gasteiger partial charge is 0.220 e. The number of rotatable bonds is 3. The number of hydrogen-bond donors (Lipinski definition) is 5. The fraction of sp³-hybridized carbons (Fsp3) is 0.900. The molecule has 0 aromatic heterocycles. The summed E-state index contributed by atoms with van der Waals surface area (Å²) in [5, 5.41) is 34.6. The molecule has 5 N–H and O–H groups in total. The van der Waals surface area contributed by atoms with Crippen LogP contribution in [0.3, 0.4) is 0 Å². The van der Waals surface area contributed by atoms with Crippen LogP contribution in [-0.2, 0) is 4.79 Å². The zero-order valence-corrected chi connectivity index (χ0v) is 9.72. The van der Waals surface area contributed by atoms with Crippen molar-refractivity contribution in [3.8, 4) is 0 Å². The van der Waals surface area contributed by atoms with Crippen LogP contribution in [0, 0.1) is 0 Å². The third kappa shape index (κ3) is 15.8. The molecule has 0 atom stereocenters. The van der Waals surface area contributed by atoms with Crippen LogP contribution in [0.1, 0.15) is 26.2 Å². The van der Waals surface area contributed by atoms with Gasteiger partial charge in [0, 0.05) is 19.6 Å². The summed E-state index contributed by atoms with van der Waals surface area (Å²) in [6.45, 7) is 2.41. The maximum atomic E-state index is 10.1. The van der Waals surface area contributed by atoms with Gasteiger partial charge in [0.15, 0.2) is 0 Å². The average Bonchev–Trinajstić information content (AvgIpc) is 2.80. The Bertz CT molecular complexity index is 140. The number of carbonyl (C=O) groups excluding carboxylic acids is 1. The van der Waals surface area contributed by atoms with Gasteiger partial charge < -0.3 is 25.7 Å². The van der Waals surface area contributed by atoms with E-state index in [1.807, 2.05) is 6.92 Å². The van der Waals surface area contributed by atoms with Gasteiger partial charge in [0.1, 0.15) is 6.10 Å². The molecule has 6 heteroatoms. The Morgan fingerprint density at radius 2 is 1.81 bits per heavy atom. The predicted molar refractivity (Wildman–Crippen MR) is 59.8 cm³/mol. The number of aliphatic hydroxyl groups excluding tert-OH is 4. The normalized spacial score (nSPS) is 13.5. The molecule has 0 aromatic carbocycles. The molecule has 0 unspecified atom stereocenters. The van der Waals surface area contributed by atoms with Crippen LogP contribution in [-0.4, -0.2) is 58.8 Å². The van der Waals surface area contributed by atoms with Gasteiger partial charge in [-0.1, -0.05) is 6.92 Å². The molecular weight excluding hydrogens is 214 g/mol. The highest BCUT2D eigenvalue weighted by Gasteiger charge is 2.05. The summed E-state index contributed by atoms with van der Waals surface area (Å²) in [6, 6.07) is 0. The van der Waals surface area contributed by atoms with E-state index in [2.05, 4.69) is 5.32 Å². The van der Waals surface area contributed by atoms with Crippen LogP contribution in [0.4, 0.5) is 0 Å². The van der Waals surface area contributed by atoms with Gasteiger partial charge >= 0.3 is 0 Å². The molecule has 16 heavy (non-hydrogen) atoms. The van der Waals surface area contributed by atoms with Gasteiger partial charge in [-0.05, 0) is 12.8 Å². The van der Waals surface area contributed by atoms with Crippen molar-refractivity contribution >= 4 is 5.91 Å². The monoisotopic (exact) mass is 237 g/mol. The Hall–Kier alpha value is -0.690. The Balaban J connectivity index is 0.